The molecular formula is C22H22ClN5O2. The zero-order valence-corrected chi connectivity index (χ0v) is 17.4. The van der Waals surface area contributed by atoms with Crippen LogP contribution in [0.25, 0.3) is 11.4 Å². The molecule has 0 N–H and O–H groups in total. The molecule has 0 aliphatic carbocycles. The number of rotatable bonds is 5. The number of carbonyl (C=O) groups is 1. The number of ether oxygens (including phenoxy) is 1. The van der Waals surface area contributed by atoms with Crippen LogP contribution >= 0.6 is 11.6 Å². The maximum Gasteiger partial charge on any atom is 0.273 e. The Morgan fingerprint density at radius 2 is 1.93 bits per heavy atom. The minimum Gasteiger partial charge on any atom is -0.475 e. The molecule has 0 bridgehead atoms. The van der Waals surface area contributed by atoms with Crippen molar-refractivity contribution < 1.29 is 9.53 Å². The van der Waals surface area contributed by atoms with Crippen molar-refractivity contribution in [3.05, 3.63) is 65.8 Å². The van der Waals surface area contributed by atoms with Crippen LogP contribution in [0.3, 0.4) is 0 Å². The van der Waals surface area contributed by atoms with Crippen molar-refractivity contribution in [2.75, 3.05) is 13.2 Å². The molecule has 1 amide bonds. The minimum absolute atomic E-state index is 0.0893. The summed E-state index contributed by atoms with van der Waals surface area (Å²) in [6, 6.07) is 8.62. The highest BCUT2D eigenvalue weighted by atomic mass is 35.5. The van der Waals surface area contributed by atoms with E-state index in [-0.39, 0.29) is 11.9 Å². The Morgan fingerprint density at radius 1 is 1.13 bits per heavy atom. The lowest BCUT2D eigenvalue weighted by atomic mass is 9.92. The van der Waals surface area contributed by atoms with Crippen molar-refractivity contribution >= 4 is 17.5 Å². The molecule has 2 atom stereocenters. The number of hydrogen-bond acceptors (Lipinski definition) is 6. The smallest absolute Gasteiger partial charge is 0.273 e. The maximum absolute atomic E-state index is 13.5. The van der Waals surface area contributed by atoms with Gasteiger partial charge in [0.1, 0.15) is 12.3 Å². The van der Waals surface area contributed by atoms with Crippen molar-refractivity contribution in [1.29, 1.82) is 0 Å². The maximum atomic E-state index is 13.5. The number of aromatic nitrogens is 4. The predicted molar refractivity (Wildman–Crippen MR) is 113 cm³/mol. The van der Waals surface area contributed by atoms with Crippen LogP contribution in [-0.4, -0.2) is 49.9 Å². The van der Waals surface area contributed by atoms with E-state index in [0.29, 0.717) is 47.1 Å². The van der Waals surface area contributed by atoms with Gasteiger partial charge in [-0.05, 0) is 43.0 Å². The van der Waals surface area contributed by atoms with Gasteiger partial charge in [0.15, 0.2) is 5.82 Å². The number of likely N-dealkylation sites (tertiary alicyclic amines) is 1. The molecule has 1 saturated heterocycles. The Kier molecular flexibility index (Phi) is 6.18. The number of piperidine rings is 1. The first-order chi connectivity index (χ1) is 14.6. The van der Waals surface area contributed by atoms with Gasteiger partial charge >= 0.3 is 0 Å². The highest BCUT2D eigenvalue weighted by molar-refractivity contribution is 6.30. The fourth-order valence-electron chi connectivity index (χ4n) is 3.65. The third-order valence-electron chi connectivity index (χ3n) is 5.18. The lowest BCUT2D eigenvalue weighted by Gasteiger charge is -2.38. The Labute approximate surface area is 180 Å². The number of carbonyl (C=O) groups excluding carboxylic acids is 1. The molecule has 3 aromatic heterocycles. The monoisotopic (exact) mass is 423 g/mol. The SMILES string of the molecule is C[C@@H]1CCN(C(=O)c2ncccc2-c2ncccn2)[C@H](COc2cc(Cl)ccn2)C1. The van der Waals surface area contributed by atoms with E-state index in [0.717, 1.165) is 12.8 Å². The summed E-state index contributed by atoms with van der Waals surface area (Å²) in [6.45, 7) is 3.17. The first-order valence-electron chi connectivity index (χ1n) is 9.89. The van der Waals surface area contributed by atoms with E-state index in [2.05, 4.69) is 26.9 Å². The van der Waals surface area contributed by atoms with Gasteiger partial charge in [0.05, 0.1) is 11.6 Å². The second-order valence-electron chi connectivity index (χ2n) is 7.38. The summed E-state index contributed by atoms with van der Waals surface area (Å²) in [4.78, 5) is 32.5. The van der Waals surface area contributed by atoms with E-state index in [9.17, 15) is 4.79 Å². The summed E-state index contributed by atoms with van der Waals surface area (Å²) in [7, 11) is 0. The molecule has 7 nitrogen and oxygen atoms in total. The Bertz CT molecular complexity index is 1020. The first-order valence-corrected chi connectivity index (χ1v) is 10.3. The Morgan fingerprint density at radius 3 is 2.73 bits per heavy atom. The van der Waals surface area contributed by atoms with Crippen molar-refractivity contribution in [1.82, 2.24) is 24.8 Å². The van der Waals surface area contributed by atoms with Crippen molar-refractivity contribution in [3.63, 3.8) is 0 Å². The molecule has 0 radical (unpaired) electrons. The fraction of sp³-hybridized carbons (Fsp3) is 0.318. The van der Waals surface area contributed by atoms with Crippen LogP contribution < -0.4 is 4.74 Å². The van der Waals surface area contributed by atoms with Crippen LogP contribution in [0, 0.1) is 5.92 Å². The normalized spacial score (nSPS) is 18.8. The Hall–Kier alpha value is -3.06. The molecule has 30 heavy (non-hydrogen) atoms. The van der Waals surface area contributed by atoms with E-state index in [1.54, 1.807) is 49.1 Å². The molecular weight excluding hydrogens is 402 g/mol. The van der Waals surface area contributed by atoms with Gasteiger partial charge in [-0.3, -0.25) is 9.78 Å². The molecule has 0 unspecified atom stereocenters. The van der Waals surface area contributed by atoms with Crippen LogP contribution in [0.1, 0.15) is 30.3 Å². The quantitative estimate of drug-likeness (QED) is 0.619. The van der Waals surface area contributed by atoms with Crippen LogP contribution in [0.15, 0.2) is 55.1 Å². The number of halogens is 1. The van der Waals surface area contributed by atoms with E-state index in [1.165, 1.54) is 0 Å². The van der Waals surface area contributed by atoms with Gasteiger partial charge in [-0.2, -0.15) is 0 Å². The molecule has 1 aliphatic heterocycles. The lowest BCUT2D eigenvalue weighted by Crippen LogP contribution is -2.49. The number of hydrogen-bond donors (Lipinski definition) is 0. The summed E-state index contributed by atoms with van der Waals surface area (Å²) in [6.07, 6.45) is 8.30. The summed E-state index contributed by atoms with van der Waals surface area (Å²) in [5, 5.41) is 0.561. The standard InChI is InChI=1S/C22H22ClN5O2/c1-15-6-11-28(17(12-15)14-30-19-13-16(23)5-10-24-19)22(29)20-18(4-2-7-25-20)21-26-8-3-9-27-21/h2-5,7-10,13,15,17H,6,11-12,14H2,1H3/t15-,17+/m1/s1. The molecule has 4 rings (SSSR count). The topological polar surface area (TPSA) is 81.1 Å². The van der Waals surface area contributed by atoms with E-state index >= 15 is 0 Å². The zero-order valence-electron chi connectivity index (χ0n) is 16.6. The Balaban J connectivity index is 1.57. The number of nitrogens with zero attached hydrogens (tertiary/aromatic N) is 5. The largest absolute Gasteiger partial charge is 0.475 e. The van der Waals surface area contributed by atoms with Crippen LogP contribution in [0.4, 0.5) is 0 Å². The van der Waals surface area contributed by atoms with Crippen LogP contribution in [-0.2, 0) is 0 Å². The zero-order chi connectivity index (χ0) is 20.9. The van der Waals surface area contributed by atoms with Crippen LogP contribution in [0.2, 0.25) is 5.02 Å². The third kappa shape index (κ3) is 4.57. The summed E-state index contributed by atoms with van der Waals surface area (Å²) < 4.78 is 5.87. The second kappa shape index (κ2) is 9.17. The van der Waals surface area contributed by atoms with Gasteiger partial charge in [0, 0.05) is 42.4 Å². The van der Waals surface area contributed by atoms with Gasteiger partial charge in [-0.1, -0.05) is 18.5 Å². The molecule has 1 aliphatic rings. The first kappa shape index (κ1) is 20.2. The molecule has 154 valence electrons. The minimum atomic E-state index is -0.141. The predicted octanol–water partition coefficient (Wildman–Crippen LogP) is 3.91. The molecule has 0 aromatic carbocycles. The highest BCUT2D eigenvalue weighted by Crippen LogP contribution is 2.27. The van der Waals surface area contributed by atoms with E-state index in [4.69, 9.17) is 16.3 Å². The van der Waals surface area contributed by atoms with Gasteiger partial charge < -0.3 is 9.64 Å². The van der Waals surface area contributed by atoms with Crippen LogP contribution in [0.5, 0.6) is 5.88 Å². The number of pyridine rings is 2. The average Bonchev–Trinajstić information content (AvgIpc) is 2.78. The highest BCUT2D eigenvalue weighted by Gasteiger charge is 2.33. The fourth-order valence-corrected chi connectivity index (χ4v) is 3.80. The van der Waals surface area contributed by atoms with Gasteiger partial charge in [0.25, 0.3) is 5.91 Å². The van der Waals surface area contributed by atoms with Crippen molar-refractivity contribution in [2.45, 2.75) is 25.8 Å². The lowest BCUT2D eigenvalue weighted by molar-refractivity contribution is 0.0450. The molecule has 8 heteroatoms. The summed E-state index contributed by atoms with van der Waals surface area (Å²) in [5.74, 6) is 1.29. The molecule has 3 aromatic rings. The van der Waals surface area contributed by atoms with Gasteiger partial charge in [-0.25, -0.2) is 15.0 Å². The summed E-state index contributed by atoms with van der Waals surface area (Å²) in [5.41, 5.74) is 0.974. The molecule has 0 saturated carbocycles. The van der Waals surface area contributed by atoms with Gasteiger partial charge in [-0.15, -0.1) is 0 Å². The molecule has 0 spiro atoms. The second-order valence-corrected chi connectivity index (χ2v) is 7.81. The third-order valence-corrected chi connectivity index (χ3v) is 5.41. The van der Waals surface area contributed by atoms with Crippen molar-refractivity contribution in [3.8, 4) is 17.3 Å². The van der Waals surface area contributed by atoms with Gasteiger partial charge in [0.2, 0.25) is 5.88 Å². The van der Waals surface area contributed by atoms with Crippen molar-refractivity contribution in [2.24, 2.45) is 5.92 Å². The molecule has 4 heterocycles. The van der Waals surface area contributed by atoms with E-state index in [1.807, 2.05) is 11.0 Å². The molecule has 1 fully saturated rings. The average molecular weight is 424 g/mol. The summed E-state index contributed by atoms with van der Waals surface area (Å²) >= 11 is 6.02. The number of amides is 1. The van der Waals surface area contributed by atoms with E-state index < -0.39 is 0 Å².